The number of hydrogen-bond acceptors (Lipinski definition) is 4. The zero-order valence-corrected chi connectivity index (χ0v) is 11.2. The number of rotatable bonds is 4. The van der Waals surface area contributed by atoms with Gasteiger partial charge in [-0.2, -0.15) is 4.98 Å². The summed E-state index contributed by atoms with van der Waals surface area (Å²) < 4.78 is 0. The van der Waals surface area contributed by atoms with E-state index in [1.54, 1.807) is 13.8 Å². The van der Waals surface area contributed by atoms with Crippen LogP contribution in [0.4, 0.5) is 0 Å². The van der Waals surface area contributed by atoms with Gasteiger partial charge < -0.3 is 15.4 Å². The van der Waals surface area contributed by atoms with Crippen molar-refractivity contribution in [1.82, 2.24) is 15.3 Å². The molecule has 0 aromatic carbocycles. The molecule has 1 amide bonds. The van der Waals surface area contributed by atoms with Crippen LogP contribution in [0.15, 0.2) is 4.79 Å². The molecule has 1 aliphatic rings. The largest absolute Gasteiger partial charge is 0.393 e. The number of aliphatic hydroxyl groups is 1. The van der Waals surface area contributed by atoms with Crippen LogP contribution < -0.4 is 11.0 Å². The number of H-pyrrole nitrogens is 1. The molecule has 6 heteroatoms. The highest BCUT2D eigenvalue weighted by molar-refractivity contribution is 5.79. The number of nitrogens with one attached hydrogen (secondary N) is 2. The molecule has 3 N–H and O–H groups in total. The Bertz CT molecular complexity index is 506. The number of nitrogens with zero attached hydrogens (tertiary/aromatic N) is 1. The molecule has 0 radical (unpaired) electrons. The van der Waals surface area contributed by atoms with Gasteiger partial charge in [-0.05, 0) is 32.6 Å². The number of hydrogen-bond donors (Lipinski definition) is 3. The molecule has 0 bridgehead atoms. The fourth-order valence-electron chi connectivity index (χ4n) is 2.36. The van der Waals surface area contributed by atoms with Crippen molar-refractivity contribution in [1.29, 1.82) is 0 Å². The van der Waals surface area contributed by atoms with Gasteiger partial charge in [0.05, 0.1) is 12.5 Å². The summed E-state index contributed by atoms with van der Waals surface area (Å²) >= 11 is 0. The standard InChI is InChI=1S/C13H19N3O3/c1-7-11(8(2)16-13(19)15-7)5-12(18)14-6-9-3-10(17)4-9/h9-10,17H,3-6H2,1-2H3,(H,14,18)(H,15,16,19). The molecule has 1 aliphatic carbocycles. The highest BCUT2D eigenvalue weighted by Crippen LogP contribution is 2.26. The van der Waals surface area contributed by atoms with E-state index in [-0.39, 0.29) is 24.1 Å². The lowest BCUT2D eigenvalue weighted by molar-refractivity contribution is -0.121. The third-order valence-electron chi connectivity index (χ3n) is 3.59. The average molecular weight is 265 g/mol. The lowest BCUT2D eigenvalue weighted by atomic mass is 9.82. The Morgan fingerprint density at radius 2 is 2.16 bits per heavy atom. The minimum atomic E-state index is -0.386. The normalized spacial score (nSPS) is 21.8. The predicted molar refractivity (Wildman–Crippen MR) is 69.8 cm³/mol. The molecule has 1 fully saturated rings. The molecule has 6 nitrogen and oxygen atoms in total. The molecule has 1 aromatic heterocycles. The van der Waals surface area contributed by atoms with Crippen molar-refractivity contribution < 1.29 is 9.90 Å². The van der Waals surface area contributed by atoms with E-state index in [0.717, 1.165) is 18.4 Å². The van der Waals surface area contributed by atoms with Crippen LogP contribution in [-0.2, 0) is 11.2 Å². The van der Waals surface area contributed by atoms with Gasteiger partial charge in [-0.15, -0.1) is 0 Å². The van der Waals surface area contributed by atoms with Crippen molar-refractivity contribution in [2.75, 3.05) is 6.54 Å². The smallest absolute Gasteiger partial charge is 0.345 e. The van der Waals surface area contributed by atoms with Gasteiger partial charge in [0, 0.05) is 23.5 Å². The quantitative estimate of drug-likeness (QED) is 0.703. The summed E-state index contributed by atoms with van der Waals surface area (Å²) in [5.74, 6) is 0.302. The molecule has 0 aliphatic heterocycles. The molecule has 1 heterocycles. The maximum atomic E-state index is 11.8. The van der Waals surface area contributed by atoms with Crippen molar-refractivity contribution in [3.8, 4) is 0 Å². The number of carbonyl (C=O) groups is 1. The monoisotopic (exact) mass is 265 g/mol. The van der Waals surface area contributed by atoms with Gasteiger partial charge in [-0.1, -0.05) is 0 Å². The number of aliphatic hydroxyl groups excluding tert-OH is 1. The topological polar surface area (TPSA) is 95.1 Å². The minimum absolute atomic E-state index is 0.0820. The maximum absolute atomic E-state index is 11.8. The second kappa shape index (κ2) is 5.52. The highest BCUT2D eigenvalue weighted by Gasteiger charge is 2.27. The molecule has 19 heavy (non-hydrogen) atoms. The van der Waals surface area contributed by atoms with Crippen LogP contribution in [0.5, 0.6) is 0 Å². The van der Waals surface area contributed by atoms with Gasteiger partial charge in [0.25, 0.3) is 0 Å². The molecule has 0 saturated heterocycles. The summed E-state index contributed by atoms with van der Waals surface area (Å²) in [6, 6.07) is 0. The Balaban J connectivity index is 1.90. The number of carbonyl (C=O) groups excluding carboxylic acids is 1. The second-order valence-electron chi connectivity index (χ2n) is 5.20. The summed E-state index contributed by atoms with van der Waals surface area (Å²) in [6.45, 7) is 4.10. The van der Waals surface area contributed by atoms with E-state index in [1.807, 2.05) is 0 Å². The summed E-state index contributed by atoms with van der Waals surface area (Å²) in [4.78, 5) is 29.4. The van der Waals surface area contributed by atoms with Crippen LogP contribution in [-0.4, -0.2) is 33.6 Å². The average Bonchev–Trinajstić information content (AvgIpc) is 2.27. The molecule has 0 spiro atoms. The minimum Gasteiger partial charge on any atom is -0.393 e. The summed E-state index contributed by atoms with van der Waals surface area (Å²) in [5.41, 5.74) is 1.66. The lowest BCUT2D eigenvalue weighted by Crippen LogP contribution is -2.39. The number of aromatic amines is 1. The molecular formula is C13H19N3O3. The third-order valence-corrected chi connectivity index (χ3v) is 3.59. The van der Waals surface area contributed by atoms with Crippen LogP contribution in [0.25, 0.3) is 0 Å². The molecular weight excluding hydrogens is 246 g/mol. The number of amides is 1. The van der Waals surface area contributed by atoms with Gasteiger partial charge in [0.1, 0.15) is 0 Å². The summed E-state index contributed by atoms with van der Waals surface area (Å²) in [6.07, 6.45) is 1.54. The van der Waals surface area contributed by atoms with Crippen LogP contribution in [0.1, 0.15) is 29.8 Å². The Morgan fingerprint density at radius 3 is 2.74 bits per heavy atom. The zero-order valence-electron chi connectivity index (χ0n) is 11.2. The van der Waals surface area contributed by atoms with Crippen LogP contribution in [0, 0.1) is 19.8 Å². The van der Waals surface area contributed by atoms with E-state index in [2.05, 4.69) is 15.3 Å². The molecule has 0 unspecified atom stereocenters. The Labute approximate surface area is 111 Å². The Kier molecular flexibility index (Phi) is 3.99. The molecule has 1 aromatic rings. The molecule has 0 atom stereocenters. The maximum Gasteiger partial charge on any atom is 0.345 e. The van der Waals surface area contributed by atoms with Gasteiger partial charge in [-0.25, -0.2) is 4.79 Å². The third kappa shape index (κ3) is 3.41. The van der Waals surface area contributed by atoms with E-state index in [4.69, 9.17) is 5.11 Å². The van der Waals surface area contributed by atoms with Crippen molar-refractivity contribution in [2.24, 2.45) is 5.92 Å². The predicted octanol–water partition coefficient (Wildman–Crippen LogP) is -0.184. The van der Waals surface area contributed by atoms with Gasteiger partial charge in [0.2, 0.25) is 5.91 Å². The Morgan fingerprint density at radius 1 is 1.47 bits per heavy atom. The van der Waals surface area contributed by atoms with Crippen LogP contribution in [0.2, 0.25) is 0 Å². The number of aryl methyl sites for hydroxylation is 2. The van der Waals surface area contributed by atoms with Crippen LogP contribution in [0.3, 0.4) is 0 Å². The van der Waals surface area contributed by atoms with E-state index >= 15 is 0 Å². The zero-order chi connectivity index (χ0) is 14.0. The van der Waals surface area contributed by atoms with Crippen LogP contribution >= 0.6 is 0 Å². The van der Waals surface area contributed by atoms with Crippen molar-refractivity contribution in [2.45, 2.75) is 39.2 Å². The van der Waals surface area contributed by atoms with E-state index in [9.17, 15) is 9.59 Å². The van der Waals surface area contributed by atoms with Crippen molar-refractivity contribution in [3.63, 3.8) is 0 Å². The van der Waals surface area contributed by atoms with Gasteiger partial charge in [0.15, 0.2) is 0 Å². The second-order valence-corrected chi connectivity index (χ2v) is 5.20. The fraction of sp³-hybridized carbons (Fsp3) is 0.615. The molecule has 104 valence electrons. The first kappa shape index (κ1) is 13.7. The van der Waals surface area contributed by atoms with Crippen molar-refractivity contribution in [3.05, 3.63) is 27.4 Å². The van der Waals surface area contributed by atoms with Gasteiger partial charge >= 0.3 is 5.69 Å². The Hall–Kier alpha value is -1.69. The summed E-state index contributed by atoms with van der Waals surface area (Å²) in [5, 5.41) is 12.0. The first-order valence-corrected chi connectivity index (χ1v) is 6.47. The van der Waals surface area contributed by atoms with E-state index in [1.165, 1.54) is 0 Å². The van der Waals surface area contributed by atoms with Gasteiger partial charge in [-0.3, -0.25) is 4.79 Å². The SMILES string of the molecule is Cc1nc(=O)[nH]c(C)c1CC(=O)NCC1CC(O)C1. The highest BCUT2D eigenvalue weighted by atomic mass is 16.3. The molecule has 1 saturated carbocycles. The van der Waals surface area contributed by atoms with Crippen molar-refractivity contribution >= 4 is 5.91 Å². The number of aromatic nitrogens is 2. The summed E-state index contributed by atoms with van der Waals surface area (Å²) in [7, 11) is 0. The molecule has 2 rings (SSSR count). The van der Waals surface area contributed by atoms with E-state index < -0.39 is 0 Å². The van der Waals surface area contributed by atoms with E-state index in [0.29, 0.717) is 23.9 Å². The first-order valence-electron chi connectivity index (χ1n) is 6.47. The lowest BCUT2D eigenvalue weighted by Gasteiger charge is -2.31. The first-order chi connectivity index (χ1) is 8.95. The fourth-order valence-corrected chi connectivity index (χ4v) is 2.36.